The van der Waals surface area contributed by atoms with Crippen LogP contribution in [-0.2, 0) is 14.3 Å². The average Bonchev–Trinajstić information content (AvgIpc) is 3.09. The summed E-state index contributed by atoms with van der Waals surface area (Å²) >= 11 is 0. The van der Waals surface area contributed by atoms with E-state index in [4.69, 9.17) is 4.74 Å². The molecule has 0 aromatic rings. The summed E-state index contributed by atoms with van der Waals surface area (Å²) in [7, 11) is 0. The maximum atomic E-state index is 12.8. The lowest BCUT2D eigenvalue weighted by Gasteiger charge is -2.71. The molecule has 0 aromatic carbocycles. The molecule has 4 saturated carbocycles. The molecule has 5 aliphatic rings. The number of carboxylic acids is 1. The van der Waals surface area contributed by atoms with Crippen molar-refractivity contribution in [2.75, 3.05) is 0 Å². The number of fused-ring (bicyclic) bond motifs is 7. The van der Waals surface area contributed by atoms with Crippen LogP contribution in [0, 0.1) is 51.2 Å². The molecule has 0 radical (unpaired) electrons. The van der Waals surface area contributed by atoms with Gasteiger partial charge in [0.2, 0.25) is 0 Å². The third-order valence-corrected chi connectivity index (χ3v) is 12.7. The van der Waals surface area contributed by atoms with E-state index in [9.17, 15) is 19.8 Å². The fourth-order valence-corrected chi connectivity index (χ4v) is 11.4. The van der Waals surface area contributed by atoms with E-state index >= 15 is 0 Å². The third-order valence-electron chi connectivity index (χ3n) is 12.7. The van der Waals surface area contributed by atoms with E-state index in [0.717, 1.165) is 50.5 Å². The van der Waals surface area contributed by atoms with Gasteiger partial charge in [0.25, 0.3) is 0 Å². The van der Waals surface area contributed by atoms with Crippen LogP contribution in [0.5, 0.6) is 0 Å². The molecular formula is C30H46O5. The first-order chi connectivity index (χ1) is 16.1. The molecule has 4 aliphatic carbocycles. The Morgan fingerprint density at radius 3 is 2.31 bits per heavy atom. The van der Waals surface area contributed by atoms with Gasteiger partial charge in [-0.2, -0.15) is 0 Å². The summed E-state index contributed by atoms with van der Waals surface area (Å²) < 4.78 is 5.91. The van der Waals surface area contributed by atoms with E-state index in [2.05, 4.69) is 34.3 Å². The molecule has 5 nitrogen and oxygen atoms in total. The van der Waals surface area contributed by atoms with Crippen molar-refractivity contribution in [2.45, 2.75) is 111 Å². The molecule has 0 bridgehead atoms. The number of carboxylic acid groups (broad SMARTS) is 1. The van der Waals surface area contributed by atoms with Gasteiger partial charge in [-0.05, 0) is 112 Å². The van der Waals surface area contributed by atoms with Crippen molar-refractivity contribution >= 4 is 11.9 Å². The van der Waals surface area contributed by atoms with Crippen molar-refractivity contribution in [3.63, 3.8) is 0 Å². The fourth-order valence-electron chi connectivity index (χ4n) is 11.4. The number of hydrogen-bond donors (Lipinski definition) is 2. The number of carbonyl (C=O) groups excluding carboxylic acids is 1. The van der Waals surface area contributed by atoms with Crippen LogP contribution in [-0.4, -0.2) is 33.9 Å². The summed E-state index contributed by atoms with van der Waals surface area (Å²) in [5.41, 5.74) is -0.610. The monoisotopic (exact) mass is 486 g/mol. The van der Waals surface area contributed by atoms with Crippen molar-refractivity contribution in [2.24, 2.45) is 51.2 Å². The first kappa shape index (κ1) is 25.3. The summed E-state index contributed by atoms with van der Waals surface area (Å²) in [4.78, 5) is 25.4. The smallest absolute Gasteiger partial charge is 0.309 e. The van der Waals surface area contributed by atoms with Crippen LogP contribution in [0.25, 0.3) is 0 Å². The summed E-state index contributed by atoms with van der Waals surface area (Å²) in [6, 6.07) is 0. The highest BCUT2D eigenvalue weighted by atomic mass is 16.6. The van der Waals surface area contributed by atoms with Crippen LogP contribution in [0.15, 0.2) is 12.2 Å². The van der Waals surface area contributed by atoms with E-state index in [1.54, 1.807) is 0 Å². The SMILES string of the molecule is C=C(C)C1CCC2(C(=O)O)CCC3(C)C(CCC4C5(C)CCC(=O)OC(C)(C)C5C(O)CC43C)C12. The molecule has 35 heavy (non-hydrogen) atoms. The molecule has 10 unspecified atom stereocenters. The molecule has 1 aliphatic heterocycles. The molecule has 5 heteroatoms. The zero-order valence-electron chi connectivity index (χ0n) is 22.7. The van der Waals surface area contributed by atoms with Gasteiger partial charge >= 0.3 is 11.9 Å². The minimum Gasteiger partial charge on any atom is -0.481 e. The predicted octanol–water partition coefficient (Wildman–Crippen LogP) is 6.00. The van der Waals surface area contributed by atoms with Crippen LogP contribution in [0.4, 0.5) is 0 Å². The van der Waals surface area contributed by atoms with Crippen LogP contribution in [0.2, 0.25) is 0 Å². The second kappa shape index (κ2) is 7.58. The predicted molar refractivity (Wildman–Crippen MR) is 134 cm³/mol. The fraction of sp³-hybridized carbons (Fsp3) is 0.867. The van der Waals surface area contributed by atoms with Gasteiger partial charge in [0.15, 0.2) is 0 Å². The van der Waals surface area contributed by atoms with E-state index < -0.39 is 23.1 Å². The van der Waals surface area contributed by atoms with Crippen molar-refractivity contribution in [1.29, 1.82) is 0 Å². The van der Waals surface area contributed by atoms with E-state index in [1.807, 2.05) is 13.8 Å². The Bertz CT molecular complexity index is 954. The van der Waals surface area contributed by atoms with E-state index in [1.165, 1.54) is 0 Å². The Labute approximate surface area is 211 Å². The molecule has 2 N–H and O–H groups in total. The maximum Gasteiger partial charge on any atom is 0.309 e. The lowest BCUT2D eigenvalue weighted by Crippen LogP contribution is -2.68. The number of cyclic esters (lactones) is 1. The number of rotatable bonds is 2. The van der Waals surface area contributed by atoms with Gasteiger partial charge in [0.1, 0.15) is 5.60 Å². The van der Waals surface area contributed by atoms with E-state index in [0.29, 0.717) is 24.7 Å². The highest BCUT2D eigenvalue weighted by Gasteiger charge is 2.73. The van der Waals surface area contributed by atoms with Crippen LogP contribution < -0.4 is 0 Å². The minimum atomic E-state index is -0.706. The molecule has 196 valence electrons. The number of ether oxygens (including phenoxy) is 1. The Balaban J connectivity index is 1.61. The number of allylic oxidation sites excluding steroid dienone is 1. The third kappa shape index (κ3) is 3.09. The summed E-state index contributed by atoms with van der Waals surface area (Å²) in [5, 5.41) is 22.3. The average molecular weight is 487 g/mol. The number of aliphatic hydroxyl groups is 1. The molecule has 0 amide bonds. The van der Waals surface area contributed by atoms with Gasteiger partial charge in [-0.3, -0.25) is 9.59 Å². The molecule has 1 saturated heterocycles. The minimum absolute atomic E-state index is 0.0617. The molecule has 10 atom stereocenters. The van der Waals surface area contributed by atoms with Crippen LogP contribution in [0.1, 0.15) is 99.3 Å². The van der Waals surface area contributed by atoms with Crippen molar-refractivity contribution < 1.29 is 24.5 Å². The number of esters is 1. The second-order valence-corrected chi connectivity index (χ2v) is 14.4. The summed E-state index contributed by atoms with van der Waals surface area (Å²) in [6.45, 7) is 17.5. The Hall–Kier alpha value is -1.36. The zero-order valence-corrected chi connectivity index (χ0v) is 22.7. The molecule has 1 heterocycles. The lowest BCUT2D eigenvalue weighted by atomic mass is 9.33. The quantitative estimate of drug-likeness (QED) is 0.370. The number of carbonyl (C=O) groups is 2. The van der Waals surface area contributed by atoms with Gasteiger partial charge in [-0.15, -0.1) is 0 Å². The van der Waals surface area contributed by atoms with Gasteiger partial charge in [-0.1, -0.05) is 32.9 Å². The lowest BCUT2D eigenvalue weighted by molar-refractivity contribution is -0.260. The standard InChI is InChI=1S/C30H46O5/c1-17(2)18-10-13-30(25(33)34)15-14-28(6)19(23(18)30)8-9-21-27(5)12-11-22(32)35-26(3,4)24(27)20(31)16-29(21,28)7/h18-21,23-24,31H,1,8-16H2,2-7H3,(H,33,34). The first-order valence-electron chi connectivity index (χ1n) is 13.9. The molecule has 0 spiro atoms. The topological polar surface area (TPSA) is 83.8 Å². The van der Waals surface area contributed by atoms with Gasteiger partial charge in [0, 0.05) is 12.3 Å². The molecule has 5 fully saturated rings. The van der Waals surface area contributed by atoms with Gasteiger partial charge in [-0.25, -0.2) is 0 Å². The van der Waals surface area contributed by atoms with Crippen molar-refractivity contribution in [3.8, 4) is 0 Å². The highest BCUT2D eigenvalue weighted by molar-refractivity contribution is 5.76. The maximum absolute atomic E-state index is 12.8. The van der Waals surface area contributed by atoms with Crippen LogP contribution >= 0.6 is 0 Å². The number of hydrogen-bond acceptors (Lipinski definition) is 4. The Morgan fingerprint density at radius 1 is 1.00 bits per heavy atom. The molecular weight excluding hydrogens is 440 g/mol. The summed E-state index contributed by atoms with van der Waals surface area (Å²) in [6.07, 6.45) is 6.62. The largest absolute Gasteiger partial charge is 0.481 e. The van der Waals surface area contributed by atoms with Gasteiger partial charge < -0.3 is 14.9 Å². The zero-order chi connectivity index (χ0) is 25.8. The van der Waals surface area contributed by atoms with E-state index in [-0.39, 0.29) is 40.0 Å². The summed E-state index contributed by atoms with van der Waals surface area (Å²) in [5.74, 6) is 0.178. The first-order valence-corrected chi connectivity index (χ1v) is 13.9. The van der Waals surface area contributed by atoms with Crippen molar-refractivity contribution in [3.05, 3.63) is 12.2 Å². The van der Waals surface area contributed by atoms with Crippen molar-refractivity contribution in [1.82, 2.24) is 0 Å². The van der Waals surface area contributed by atoms with Gasteiger partial charge in [0.05, 0.1) is 11.5 Å². The Morgan fingerprint density at radius 2 is 1.69 bits per heavy atom. The number of aliphatic carboxylic acids is 1. The molecule has 0 aromatic heterocycles. The Kier molecular flexibility index (Phi) is 5.48. The second-order valence-electron chi connectivity index (χ2n) is 14.4. The highest BCUT2D eigenvalue weighted by Crippen LogP contribution is 2.76. The number of aliphatic hydroxyl groups excluding tert-OH is 1. The van der Waals surface area contributed by atoms with Crippen LogP contribution in [0.3, 0.4) is 0 Å². The normalized spacial score (nSPS) is 52.7. The molecule has 5 rings (SSSR count).